The van der Waals surface area contributed by atoms with Crippen molar-refractivity contribution >= 4 is 17.3 Å². The number of hydrazone groups is 1. The summed E-state index contributed by atoms with van der Waals surface area (Å²) in [5.74, 6) is 0.129. The number of nitrogens with zero attached hydrogens (tertiary/aromatic N) is 3. The number of hydrogen-bond acceptors (Lipinski definition) is 4. The molecule has 0 bridgehead atoms. The minimum Gasteiger partial charge on any atom is -0.291 e. The van der Waals surface area contributed by atoms with Gasteiger partial charge in [-0.05, 0) is 32.0 Å². The summed E-state index contributed by atoms with van der Waals surface area (Å²) in [6.07, 6.45) is 0. The third kappa shape index (κ3) is 3.07. The van der Waals surface area contributed by atoms with Gasteiger partial charge in [0.2, 0.25) is 5.84 Å². The van der Waals surface area contributed by atoms with Gasteiger partial charge in [0.25, 0.3) is 0 Å². The Morgan fingerprint density at radius 2 is 1.95 bits per heavy atom. The Balaban J connectivity index is 2.31. The lowest BCUT2D eigenvalue weighted by Gasteiger charge is -2.06. The van der Waals surface area contributed by atoms with E-state index in [1.807, 2.05) is 50.2 Å². The number of carbonyl (C=O) groups is 1. The number of anilines is 1. The van der Waals surface area contributed by atoms with E-state index in [4.69, 9.17) is 0 Å². The highest BCUT2D eigenvalue weighted by Crippen LogP contribution is 2.06. The summed E-state index contributed by atoms with van der Waals surface area (Å²) in [6.45, 7) is 5.24. The molecule has 0 saturated carbocycles. The Bertz CT molecular complexity index is 614. The molecule has 0 amide bonds. The predicted molar refractivity (Wildman–Crippen MR) is 75.3 cm³/mol. The average Bonchev–Trinajstić information content (AvgIpc) is 2.70. The fourth-order valence-electron chi connectivity index (χ4n) is 1.75. The number of nitrogens with one attached hydrogen (secondary N) is 1. The SMILES string of the molecule is CC(=O)/C(=N\Nc1ccccc1)n1nc(C)cc1C. The summed E-state index contributed by atoms with van der Waals surface area (Å²) in [7, 11) is 0. The van der Waals surface area contributed by atoms with Crippen molar-refractivity contribution in [3.8, 4) is 0 Å². The van der Waals surface area contributed by atoms with Gasteiger partial charge in [0.05, 0.1) is 11.4 Å². The molecule has 0 aliphatic rings. The van der Waals surface area contributed by atoms with Crippen molar-refractivity contribution in [1.82, 2.24) is 9.78 Å². The van der Waals surface area contributed by atoms with Crippen molar-refractivity contribution in [3.05, 3.63) is 47.8 Å². The summed E-state index contributed by atoms with van der Waals surface area (Å²) < 4.78 is 1.55. The van der Waals surface area contributed by atoms with Gasteiger partial charge in [0.1, 0.15) is 0 Å². The quantitative estimate of drug-likeness (QED) is 0.521. The summed E-state index contributed by atoms with van der Waals surface area (Å²) in [4.78, 5) is 11.7. The molecule has 1 heterocycles. The number of benzene rings is 1. The smallest absolute Gasteiger partial charge is 0.216 e. The van der Waals surface area contributed by atoms with E-state index in [9.17, 15) is 4.79 Å². The van der Waals surface area contributed by atoms with E-state index >= 15 is 0 Å². The largest absolute Gasteiger partial charge is 0.291 e. The van der Waals surface area contributed by atoms with Crippen LogP contribution in [0, 0.1) is 13.8 Å². The third-order valence-corrected chi connectivity index (χ3v) is 2.59. The highest BCUT2D eigenvalue weighted by molar-refractivity contribution is 6.38. The van der Waals surface area contributed by atoms with E-state index in [2.05, 4.69) is 15.6 Å². The molecule has 5 nitrogen and oxygen atoms in total. The first-order chi connectivity index (χ1) is 9.08. The standard InChI is InChI=1S/C14H16N4O/c1-10-9-11(2)18(17-10)14(12(3)19)16-15-13-7-5-4-6-8-13/h4-9,15H,1-3H3/b16-14+. The van der Waals surface area contributed by atoms with E-state index in [-0.39, 0.29) is 11.6 Å². The van der Waals surface area contributed by atoms with Crippen LogP contribution < -0.4 is 5.43 Å². The topological polar surface area (TPSA) is 59.3 Å². The van der Waals surface area contributed by atoms with E-state index in [1.54, 1.807) is 4.68 Å². The molecule has 0 aliphatic heterocycles. The molecule has 0 aliphatic carbocycles. The van der Waals surface area contributed by atoms with Crippen LogP contribution in [0.5, 0.6) is 0 Å². The van der Waals surface area contributed by atoms with Crippen molar-refractivity contribution < 1.29 is 4.79 Å². The Hall–Kier alpha value is -2.43. The number of hydrogen-bond donors (Lipinski definition) is 1. The number of aryl methyl sites for hydroxylation is 2. The van der Waals surface area contributed by atoms with Gasteiger partial charge >= 0.3 is 0 Å². The molecule has 1 aromatic heterocycles. The van der Waals surface area contributed by atoms with Crippen LogP contribution >= 0.6 is 0 Å². The Kier molecular flexibility index (Phi) is 3.75. The zero-order valence-corrected chi connectivity index (χ0v) is 11.2. The second kappa shape index (κ2) is 5.48. The van der Waals surface area contributed by atoms with Crippen molar-refractivity contribution in [1.29, 1.82) is 0 Å². The number of aromatic nitrogens is 2. The monoisotopic (exact) mass is 256 g/mol. The molecule has 98 valence electrons. The molecule has 2 rings (SSSR count). The van der Waals surface area contributed by atoms with Crippen LogP contribution in [0.4, 0.5) is 5.69 Å². The fraction of sp³-hybridized carbons (Fsp3) is 0.214. The Labute approximate surface area is 111 Å². The number of Topliss-reactive ketones (excluding diaryl/α,β-unsaturated/α-hetero) is 1. The van der Waals surface area contributed by atoms with Gasteiger partial charge in [-0.25, -0.2) is 4.68 Å². The molecule has 0 spiro atoms. The van der Waals surface area contributed by atoms with Crippen molar-refractivity contribution in [3.63, 3.8) is 0 Å². The van der Waals surface area contributed by atoms with Crippen LogP contribution in [0.25, 0.3) is 0 Å². The van der Waals surface area contributed by atoms with Gasteiger partial charge in [-0.1, -0.05) is 18.2 Å². The summed E-state index contributed by atoms with van der Waals surface area (Å²) in [5.41, 5.74) is 5.42. The maximum Gasteiger partial charge on any atom is 0.216 e. The minimum atomic E-state index is -0.144. The number of carbonyl (C=O) groups excluding carboxylic acids is 1. The fourth-order valence-corrected chi connectivity index (χ4v) is 1.75. The second-order valence-electron chi connectivity index (χ2n) is 4.31. The molecule has 0 saturated heterocycles. The maximum absolute atomic E-state index is 11.7. The van der Waals surface area contributed by atoms with Crippen LogP contribution in [-0.2, 0) is 4.79 Å². The van der Waals surface area contributed by atoms with Crippen molar-refractivity contribution in [2.45, 2.75) is 20.8 Å². The number of rotatable bonds is 3. The molecule has 1 N–H and O–H groups in total. The first-order valence-electron chi connectivity index (χ1n) is 6.01. The van der Waals surface area contributed by atoms with Gasteiger partial charge in [0.15, 0.2) is 5.78 Å². The average molecular weight is 256 g/mol. The lowest BCUT2D eigenvalue weighted by molar-refractivity contribution is -0.111. The predicted octanol–water partition coefficient (Wildman–Crippen LogP) is 2.36. The molecular formula is C14H16N4O. The minimum absolute atomic E-state index is 0.144. The van der Waals surface area contributed by atoms with Gasteiger partial charge in [-0.15, -0.1) is 0 Å². The second-order valence-corrected chi connectivity index (χ2v) is 4.31. The first-order valence-corrected chi connectivity index (χ1v) is 6.01. The molecule has 0 fully saturated rings. The number of ketones is 1. The van der Waals surface area contributed by atoms with Crippen LogP contribution in [0.15, 0.2) is 41.5 Å². The summed E-state index contributed by atoms with van der Waals surface area (Å²) in [6, 6.07) is 11.4. The maximum atomic E-state index is 11.7. The molecular weight excluding hydrogens is 240 g/mol. The summed E-state index contributed by atoms with van der Waals surface area (Å²) in [5, 5.41) is 8.42. The van der Waals surface area contributed by atoms with E-state index < -0.39 is 0 Å². The first kappa shape index (κ1) is 13.0. The van der Waals surface area contributed by atoms with Crippen LogP contribution in [0.2, 0.25) is 0 Å². The molecule has 1 aromatic carbocycles. The van der Waals surface area contributed by atoms with Crippen molar-refractivity contribution in [2.75, 3.05) is 5.43 Å². The van der Waals surface area contributed by atoms with E-state index in [0.29, 0.717) is 0 Å². The lowest BCUT2D eigenvalue weighted by Crippen LogP contribution is -2.24. The molecule has 5 heteroatoms. The lowest BCUT2D eigenvalue weighted by atomic mass is 10.3. The van der Waals surface area contributed by atoms with Crippen molar-refractivity contribution in [2.24, 2.45) is 5.10 Å². The zero-order valence-electron chi connectivity index (χ0n) is 11.2. The van der Waals surface area contributed by atoms with Gasteiger partial charge in [-0.2, -0.15) is 10.2 Å². The van der Waals surface area contributed by atoms with Crippen LogP contribution in [-0.4, -0.2) is 21.4 Å². The molecule has 2 aromatic rings. The van der Waals surface area contributed by atoms with Gasteiger partial charge in [0, 0.05) is 12.6 Å². The highest BCUT2D eigenvalue weighted by Gasteiger charge is 2.13. The highest BCUT2D eigenvalue weighted by atomic mass is 16.1. The Morgan fingerprint density at radius 3 is 2.47 bits per heavy atom. The molecule has 0 atom stereocenters. The Morgan fingerprint density at radius 1 is 1.26 bits per heavy atom. The summed E-state index contributed by atoms with van der Waals surface area (Å²) >= 11 is 0. The van der Waals surface area contributed by atoms with Gasteiger partial charge < -0.3 is 0 Å². The third-order valence-electron chi connectivity index (χ3n) is 2.59. The molecule has 19 heavy (non-hydrogen) atoms. The normalized spacial score (nSPS) is 11.4. The molecule has 0 radical (unpaired) electrons. The zero-order chi connectivity index (χ0) is 13.8. The van der Waals surface area contributed by atoms with E-state index in [0.717, 1.165) is 17.1 Å². The van der Waals surface area contributed by atoms with Crippen LogP contribution in [0.1, 0.15) is 18.3 Å². The van der Waals surface area contributed by atoms with Crippen LogP contribution in [0.3, 0.4) is 0 Å². The molecule has 0 unspecified atom stereocenters. The van der Waals surface area contributed by atoms with E-state index in [1.165, 1.54) is 6.92 Å². The van der Waals surface area contributed by atoms with Gasteiger partial charge in [-0.3, -0.25) is 10.2 Å². The number of para-hydroxylation sites is 1.